The Bertz CT molecular complexity index is 835. The maximum absolute atomic E-state index is 11.9. The molecule has 0 aromatic heterocycles. The number of nitrogens with one attached hydrogen (secondary N) is 2. The molecule has 1 fully saturated rings. The zero-order valence-corrected chi connectivity index (χ0v) is 17.0. The second-order valence-electron chi connectivity index (χ2n) is 7.44. The van der Waals surface area contributed by atoms with E-state index in [0.717, 1.165) is 45.6 Å². The van der Waals surface area contributed by atoms with E-state index in [1.54, 1.807) is 24.3 Å². The fourth-order valence-corrected chi connectivity index (χ4v) is 3.52. The number of hydrogen-bond donors (Lipinski definition) is 2. The highest BCUT2D eigenvalue weighted by molar-refractivity contribution is 5.89. The van der Waals surface area contributed by atoms with E-state index in [1.165, 1.54) is 11.3 Å². The highest BCUT2D eigenvalue weighted by atomic mass is 16.2. The fourth-order valence-electron chi connectivity index (χ4n) is 3.52. The first-order chi connectivity index (χ1) is 14.1. The van der Waals surface area contributed by atoms with Gasteiger partial charge in [-0.2, -0.15) is 5.26 Å². The quantitative estimate of drug-likeness (QED) is 0.708. The van der Waals surface area contributed by atoms with Gasteiger partial charge in [-0.05, 0) is 68.3 Å². The van der Waals surface area contributed by atoms with Gasteiger partial charge in [-0.3, -0.25) is 4.90 Å². The second kappa shape index (κ2) is 10.5. The molecule has 0 bridgehead atoms. The largest absolute Gasteiger partial charge is 0.369 e. The van der Waals surface area contributed by atoms with Crippen LogP contribution in [0.25, 0.3) is 0 Å². The minimum atomic E-state index is -0.207. The monoisotopic (exact) mass is 391 g/mol. The van der Waals surface area contributed by atoms with Gasteiger partial charge in [0.2, 0.25) is 0 Å². The average molecular weight is 392 g/mol. The lowest BCUT2D eigenvalue weighted by molar-refractivity contribution is 0.247. The molecule has 2 amide bonds. The highest BCUT2D eigenvalue weighted by Crippen LogP contribution is 2.17. The van der Waals surface area contributed by atoms with E-state index in [1.807, 2.05) is 0 Å². The van der Waals surface area contributed by atoms with Crippen LogP contribution < -0.4 is 15.5 Å². The van der Waals surface area contributed by atoms with Gasteiger partial charge < -0.3 is 15.5 Å². The number of carbonyl (C=O) groups excluding carboxylic acids is 1. The number of aryl methyl sites for hydroxylation is 1. The van der Waals surface area contributed by atoms with Gasteiger partial charge in [-0.1, -0.05) is 12.1 Å². The van der Waals surface area contributed by atoms with Crippen LogP contribution in [0.2, 0.25) is 0 Å². The molecular formula is C23H29N5O. The predicted octanol–water partition coefficient (Wildman–Crippen LogP) is 3.59. The van der Waals surface area contributed by atoms with Crippen molar-refractivity contribution in [2.24, 2.45) is 0 Å². The van der Waals surface area contributed by atoms with Gasteiger partial charge in [0, 0.05) is 44.1 Å². The number of rotatable bonds is 7. The summed E-state index contributed by atoms with van der Waals surface area (Å²) in [6.07, 6.45) is 2.03. The molecule has 3 rings (SSSR count). The van der Waals surface area contributed by atoms with E-state index < -0.39 is 0 Å². The Morgan fingerprint density at radius 2 is 1.83 bits per heavy atom. The van der Waals surface area contributed by atoms with E-state index >= 15 is 0 Å². The number of unbranched alkanes of at least 4 members (excludes halogenated alkanes) is 1. The lowest BCUT2D eigenvalue weighted by Crippen LogP contribution is -2.46. The molecule has 29 heavy (non-hydrogen) atoms. The van der Waals surface area contributed by atoms with Crippen molar-refractivity contribution in [2.75, 3.05) is 49.5 Å². The van der Waals surface area contributed by atoms with Crippen LogP contribution in [0.3, 0.4) is 0 Å². The number of amides is 2. The van der Waals surface area contributed by atoms with Crippen LogP contribution in [-0.4, -0.2) is 50.2 Å². The number of nitrogens with zero attached hydrogens (tertiary/aromatic N) is 3. The molecule has 0 aliphatic carbocycles. The standard InChI is InChI=1S/C23H29N5O/c1-19-5-4-6-22(17-19)28-15-13-27(14-16-28)12-3-2-11-25-23(29)26-21-9-7-20(18-24)8-10-21/h4-10,17H,2-3,11-16H2,1H3,(H2,25,26,29). The molecule has 1 aliphatic heterocycles. The third-order valence-electron chi connectivity index (χ3n) is 5.20. The number of carbonyl (C=O) groups is 1. The molecule has 2 N–H and O–H groups in total. The van der Waals surface area contributed by atoms with Crippen molar-refractivity contribution in [3.8, 4) is 6.07 Å². The Morgan fingerprint density at radius 3 is 2.52 bits per heavy atom. The molecule has 2 aromatic rings. The normalized spacial score (nSPS) is 14.3. The van der Waals surface area contributed by atoms with Crippen molar-refractivity contribution in [1.29, 1.82) is 5.26 Å². The molecular weight excluding hydrogens is 362 g/mol. The molecule has 0 radical (unpaired) electrons. The molecule has 0 atom stereocenters. The van der Waals surface area contributed by atoms with Crippen LogP contribution in [0.5, 0.6) is 0 Å². The summed E-state index contributed by atoms with van der Waals surface area (Å²) >= 11 is 0. The van der Waals surface area contributed by atoms with Gasteiger partial charge in [-0.25, -0.2) is 4.79 Å². The molecule has 6 heteroatoms. The average Bonchev–Trinajstić information content (AvgIpc) is 2.74. The van der Waals surface area contributed by atoms with Crippen LogP contribution >= 0.6 is 0 Å². The molecule has 0 saturated carbocycles. The highest BCUT2D eigenvalue weighted by Gasteiger charge is 2.16. The smallest absolute Gasteiger partial charge is 0.319 e. The second-order valence-corrected chi connectivity index (χ2v) is 7.44. The van der Waals surface area contributed by atoms with E-state index in [-0.39, 0.29) is 6.03 Å². The van der Waals surface area contributed by atoms with Crippen molar-refractivity contribution in [1.82, 2.24) is 10.2 Å². The summed E-state index contributed by atoms with van der Waals surface area (Å²) in [7, 11) is 0. The zero-order chi connectivity index (χ0) is 20.5. The lowest BCUT2D eigenvalue weighted by atomic mass is 10.2. The van der Waals surface area contributed by atoms with Gasteiger partial charge in [0.05, 0.1) is 11.6 Å². The Kier molecular flexibility index (Phi) is 7.48. The van der Waals surface area contributed by atoms with Crippen molar-refractivity contribution in [3.63, 3.8) is 0 Å². The molecule has 2 aromatic carbocycles. The molecule has 1 saturated heterocycles. The lowest BCUT2D eigenvalue weighted by Gasteiger charge is -2.36. The van der Waals surface area contributed by atoms with Gasteiger partial charge in [0.15, 0.2) is 0 Å². The topological polar surface area (TPSA) is 71.4 Å². The Labute approximate surface area is 173 Å². The van der Waals surface area contributed by atoms with Crippen molar-refractivity contribution >= 4 is 17.4 Å². The summed E-state index contributed by atoms with van der Waals surface area (Å²) < 4.78 is 0. The minimum absolute atomic E-state index is 0.207. The van der Waals surface area contributed by atoms with Gasteiger partial charge in [-0.15, -0.1) is 0 Å². The van der Waals surface area contributed by atoms with Crippen LogP contribution in [0.4, 0.5) is 16.2 Å². The molecule has 6 nitrogen and oxygen atoms in total. The summed E-state index contributed by atoms with van der Waals surface area (Å²) in [6.45, 7) is 8.16. The van der Waals surface area contributed by atoms with Crippen molar-refractivity contribution < 1.29 is 4.79 Å². The van der Waals surface area contributed by atoms with Crippen LogP contribution in [0, 0.1) is 18.3 Å². The van der Waals surface area contributed by atoms with Gasteiger partial charge >= 0.3 is 6.03 Å². The van der Waals surface area contributed by atoms with Gasteiger partial charge in [0.25, 0.3) is 0 Å². The third-order valence-corrected chi connectivity index (χ3v) is 5.20. The van der Waals surface area contributed by atoms with Crippen molar-refractivity contribution in [2.45, 2.75) is 19.8 Å². The summed E-state index contributed by atoms with van der Waals surface area (Å²) in [6, 6.07) is 17.4. The molecule has 0 spiro atoms. The summed E-state index contributed by atoms with van der Waals surface area (Å²) in [5.74, 6) is 0. The number of hydrogen-bond acceptors (Lipinski definition) is 4. The molecule has 0 unspecified atom stereocenters. The van der Waals surface area contributed by atoms with E-state index in [4.69, 9.17) is 5.26 Å². The first-order valence-corrected chi connectivity index (χ1v) is 10.2. The predicted molar refractivity (Wildman–Crippen MR) is 117 cm³/mol. The Balaban J connectivity index is 1.27. The number of anilines is 2. The summed E-state index contributed by atoms with van der Waals surface area (Å²) in [4.78, 5) is 16.9. The van der Waals surface area contributed by atoms with E-state index in [0.29, 0.717) is 17.8 Å². The Hall–Kier alpha value is -3.04. The SMILES string of the molecule is Cc1cccc(N2CCN(CCCCNC(=O)Nc3ccc(C#N)cc3)CC2)c1. The first kappa shape index (κ1) is 20.7. The Morgan fingerprint density at radius 1 is 1.07 bits per heavy atom. The van der Waals surface area contributed by atoms with E-state index in [9.17, 15) is 4.79 Å². The van der Waals surface area contributed by atoms with Crippen LogP contribution in [0.1, 0.15) is 24.0 Å². The zero-order valence-electron chi connectivity index (χ0n) is 17.0. The van der Waals surface area contributed by atoms with E-state index in [2.05, 4.69) is 57.7 Å². The third kappa shape index (κ3) is 6.51. The summed E-state index contributed by atoms with van der Waals surface area (Å²) in [5.41, 5.74) is 3.89. The van der Waals surface area contributed by atoms with Crippen molar-refractivity contribution in [3.05, 3.63) is 59.7 Å². The molecule has 1 aliphatic rings. The maximum Gasteiger partial charge on any atom is 0.319 e. The van der Waals surface area contributed by atoms with Gasteiger partial charge in [0.1, 0.15) is 0 Å². The number of nitriles is 1. The number of urea groups is 1. The number of piperazine rings is 1. The molecule has 152 valence electrons. The fraction of sp³-hybridized carbons (Fsp3) is 0.391. The van der Waals surface area contributed by atoms with Crippen LogP contribution in [0.15, 0.2) is 48.5 Å². The summed E-state index contributed by atoms with van der Waals surface area (Å²) in [5, 5.41) is 14.5. The first-order valence-electron chi connectivity index (χ1n) is 10.2. The maximum atomic E-state index is 11.9. The minimum Gasteiger partial charge on any atom is -0.369 e. The number of benzene rings is 2. The van der Waals surface area contributed by atoms with Crippen LogP contribution in [-0.2, 0) is 0 Å². The molecule has 1 heterocycles.